The van der Waals surface area contributed by atoms with Gasteiger partial charge in [0.15, 0.2) is 0 Å². The molecule has 6 heteroatoms. The van der Waals surface area contributed by atoms with E-state index < -0.39 is 0 Å². The van der Waals surface area contributed by atoms with E-state index in [0.717, 1.165) is 31.4 Å². The second kappa shape index (κ2) is 7.46. The highest BCUT2D eigenvalue weighted by Crippen LogP contribution is 2.19. The van der Waals surface area contributed by atoms with Crippen LogP contribution in [0.25, 0.3) is 0 Å². The molecule has 23 heavy (non-hydrogen) atoms. The van der Waals surface area contributed by atoms with Gasteiger partial charge in [0, 0.05) is 24.8 Å². The summed E-state index contributed by atoms with van der Waals surface area (Å²) >= 11 is 0. The van der Waals surface area contributed by atoms with Gasteiger partial charge in [-0.25, -0.2) is 4.99 Å². The number of nitrogens with two attached hydrogens (primary N) is 1. The fourth-order valence-corrected chi connectivity index (χ4v) is 2.88. The number of hydrogen-bond acceptors (Lipinski definition) is 5. The number of amidine groups is 1. The molecule has 1 amide bonds. The zero-order valence-electron chi connectivity index (χ0n) is 13.2. The number of rotatable bonds is 5. The fourth-order valence-electron chi connectivity index (χ4n) is 2.88. The highest BCUT2D eigenvalue weighted by atomic mass is 16.5. The molecule has 0 aromatic heterocycles. The largest absolute Gasteiger partial charge is 0.463 e. The van der Waals surface area contributed by atoms with Gasteiger partial charge in [-0.15, -0.1) is 0 Å². The van der Waals surface area contributed by atoms with Crippen LogP contribution in [-0.4, -0.2) is 37.8 Å². The number of benzene rings is 1. The number of carbonyl (C=O) groups is 1. The van der Waals surface area contributed by atoms with E-state index in [1.54, 1.807) is 0 Å². The second-order valence-electron chi connectivity index (χ2n) is 6.04. The molecule has 0 spiro atoms. The molecule has 2 aliphatic heterocycles. The van der Waals surface area contributed by atoms with Crippen molar-refractivity contribution in [1.29, 1.82) is 0 Å². The number of carbonyl (C=O) groups excluding carboxylic acids is 1. The number of ether oxygens (including phenoxy) is 2. The SMILES string of the molecule is NC1=N[C@@H](CCc2ccc(NC(=O)C3CCOCC3)cc2)CO1. The van der Waals surface area contributed by atoms with Gasteiger partial charge in [-0.2, -0.15) is 0 Å². The van der Waals surface area contributed by atoms with Crippen molar-refractivity contribution in [2.45, 2.75) is 31.7 Å². The lowest BCUT2D eigenvalue weighted by atomic mass is 9.99. The van der Waals surface area contributed by atoms with Gasteiger partial charge in [0.2, 0.25) is 5.91 Å². The van der Waals surface area contributed by atoms with Gasteiger partial charge in [-0.1, -0.05) is 12.1 Å². The number of nitrogens with zero attached hydrogens (tertiary/aromatic N) is 1. The van der Waals surface area contributed by atoms with E-state index in [1.165, 1.54) is 5.56 Å². The third-order valence-electron chi connectivity index (χ3n) is 4.31. The molecule has 1 fully saturated rings. The van der Waals surface area contributed by atoms with Crippen molar-refractivity contribution in [3.63, 3.8) is 0 Å². The summed E-state index contributed by atoms with van der Waals surface area (Å²) < 4.78 is 10.4. The highest BCUT2D eigenvalue weighted by Gasteiger charge is 2.21. The fraction of sp³-hybridized carbons (Fsp3) is 0.529. The lowest BCUT2D eigenvalue weighted by molar-refractivity contribution is -0.122. The Morgan fingerprint density at radius 1 is 1.26 bits per heavy atom. The second-order valence-corrected chi connectivity index (χ2v) is 6.04. The molecule has 2 aliphatic rings. The van der Waals surface area contributed by atoms with E-state index in [-0.39, 0.29) is 17.9 Å². The highest BCUT2D eigenvalue weighted by molar-refractivity contribution is 5.92. The molecular weight excluding hydrogens is 294 g/mol. The summed E-state index contributed by atoms with van der Waals surface area (Å²) in [5, 5.41) is 2.99. The van der Waals surface area contributed by atoms with Gasteiger partial charge in [0.05, 0.1) is 6.04 Å². The predicted octanol–water partition coefficient (Wildman–Crippen LogP) is 1.70. The lowest BCUT2D eigenvalue weighted by Crippen LogP contribution is -2.28. The van der Waals surface area contributed by atoms with Crippen molar-refractivity contribution in [3.8, 4) is 0 Å². The quantitative estimate of drug-likeness (QED) is 0.865. The third-order valence-corrected chi connectivity index (χ3v) is 4.31. The van der Waals surface area contributed by atoms with Crippen molar-refractivity contribution >= 4 is 17.6 Å². The summed E-state index contributed by atoms with van der Waals surface area (Å²) in [7, 11) is 0. The van der Waals surface area contributed by atoms with Crippen molar-refractivity contribution in [2.75, 3.05) is 25.1 Å². The third kappa shape index (κ3) is 4.45. The summed E-state index contributed by atoms with van der Waals surface area (Å²) in [6.45, 7) is 1.93. The van der Waals surface area contributed by atoms with Crippen LogP contribution in [0.5, 0.6) is 0 Å². The molecular formula is C17H23N3O3. The minimum absolute atomic E-state index is 0.0640. The maximum atomic E-state index is 12.2. The first kappa shape index (κ1) is 15.8. The van der Waals surface area contributed by atoms with Gasteiger partial charge < -0.3 is 20.5 Å². The number of hydrogen-bond donors (Lipinski definition) is 2. The smallest absolute Gasteiger partial charge is 0.282 e. The minimum Gasteiger partial charge on any atom is -0.463 e. The summed E-state index contributed by atoms with van der Waals surface area (Å²) in [6, 6.07) is 8.44. The number of aryl methyl sites for hydroxylation is 1. The number of amides is 1. The Bertz CT molecular complexity index is 565. The van der Waals surface area contributed by atoms with Crippen LogP contribution >= 0.6 is 0 Å². The van der Waals surface area contributed by atoms with Crippen LogP contribution in [0.1, 0.15) is 24.8 Å². The molecule has 0 radical (unpaired) electrons. The Hall–Kier alpha value is -2.08. The van der Waals surface area contributed by atoms with E-state index in [4.69, 9.17) is 15.2 Å². The topological polar surface area (TPSA) is 85.9 Å². The van der Waals surface area contributed by atoms with Gasteiger partial charge in [0.25, 0.3) is 6.02 Å². The summed E-state index contributed by atoms with van der Waals surface area (Å²) in [5.41, 5.74) is 7.56. The zero-order valence-corrected chi connectivity index (χ0v) is 13.2. The molecule has 1 aromatic rings. The minimum atomic E-state index is 0.0640. The first-order chi connectivity index (χ1) is 11.2. The van der Waals surface area contributed by atoms with E-state index in [1.807, 2.05) is 24.3 Å². The van der Waals surface area contributed by atoms with Crippen molar-refractivity contribution in [3.05, 3.63) is 29.8 Å². The molecule has 0 unspecified atom stereocenters. The van der Waals surface area contributed by atoms with Crippen LogP contribution in [0.3, 0.4) is 0 Å². The summed E-state index contributed by atoms with van der Waals surface area (Å²) in [5.74, 6) is 0.156. The predicted molar refractivity (Wildman–Crippen MR) is 88.3 cm³/mol. The van der Waals surface area contributed by atoms with Crippen LogP contribution in [0.15, 0.2) is 29.3 Å². The van der Waals surface area contributed by atoms with Crippen molar-refractivity contribution < 1.29 is 14.3 Å². The van der Waals surface area contributed by atoms with E-state index in [2.05, 4.69) is 10.3 Å². The van der Waals surface area contributed by atoms with Gasteiger partial charge in [0.1, 0.15) is 6.61 Å². The normalized spacial score (nSPS) is 21.6. The lowest BCUT2D eigenvalue weighted by Gasteiger charge is -2.21. The van der Waals surface area contributed by atoms with Gasteiger partial charge >= 0.3 is 0 Å². The van der Waals surface area contributed by atoms with E-state index >= 15 is 0 Å². The first-order valence-electron chi connectivity index (χ1n) is 8.14. The monoisotopic (exact) mass is 317 g/mol. The van der Waals surface area contributed by atoms with Crippen molar-refractivity contribution in [1.82, 2.24) is 0 Å². The molecule has 0 saturated carbocycles. The Kier molecular flexibility index (Phi) is 5.12. The van der Waals surface area contributed by atoms with Crippen molar-refractivity contribution in [2.24, 2.45) is 16.6 Å². The maximum absolute atomic E-state index is 12.2. The van der Waals surface area contributed by atoms with E-state index in [9.17, 15) is 4.79 Å². The maximum Gasteiger partial charge on any atom is 0.282 e. The average molecular weight is 317 g/mol. The molecule has 1 aromatic carbocycles. The van der Waals surface area contributed by atoms with Crippen LogP contribution in [0.2, 0.25) is 0 Å². The standard InChI is InChI=1S/C17H23N3O3/c18-17-20-15(11-23-17)6-3-12-1-4-14(5-2-12)19-16(21)13-7-9-22-10-8-13/h1-2,4-5,13,15H,3,6-11H2,(H2,18,20)(H,19,21)/t15-/m0/s1. The molecule has 3 N–H and O–H groups in total. The zero-order chi connectivity index (χ0) is 16.1. The molecule has 1 saturated heterocycles. The summed E-state index contributed by atoms with van der Waals surface area (Å²) in [6.07, 6.45) is 3.43. The Labute approximate surface area is 136 Å². The van der Waals surface area contributed by atoms with E-state index in [0.29, 0.717) is 25.8 Å². The molecule has 6 nitrogen and oxygen atoms in total. The number of anilines is 1. The molecule has 124 valence electrons. The van der Waals surface area contributed by atoms with Gasteiger partial charge in [-0.3, -0.25) is 4.79 Å². The molecule has 2 heterocycles. The number of nitrogens with one attached hydrogen (secondary N) is 1. The Morgan fingerprint density at radius 3 is 2.65 bits per heavy atom. The molecule has 0 bridgehead atoms. The molecule has 1 atom stereocenters. The molecule has 3 rings (SSSR count). The van der Waals surface area contributed by atoms with Crippen LogP contribution in [0, 0.1) is 5.92 Å². The Morgan fingerprint density at radius 2 is 2.00 bits per heavy atom. The average Bonchev–Trinajstić information content (AvgIpc) is 3.00. The number of aliphatic imine (C=N–C) groups is 1. The molecule has 0 aliphatic carbocycles. The first-order valence-corrected chi connectivity index (χ1v) is 8.14. The van der Waals surface area contributed by atoms with Gasteiger partial charge in [-0.05, 0) is 43.4 Å². The van der Waals surface area contributed by atoms with Crippen LogP contribution in [-0.2, 0) is 20.7 Å². The Balaban J connectivity index is 1.47. The van der Waals surface area contributed by atoms with Crippen LogP contribution in [0.4, 0.5) is 5.69 Å². The summed E-state index contributed by atoms with van der Waals surface area (Å²) in [4.78, 5) is 16.4. The van der Waals surface area contributed by atoms with Crippen LogP contribution < -0.4 is 11.1 Å².